The topological polar surface area (TPSA) is 33.1 Å². The zero-order valence-electron chi connectivity index (χ0n) is 6.27. The Labute approximate surface area is 95.6 Å². The van der Waals surface area contributed by atoms with E-state index in [0.717, 1.165) is 0 Å². The number of nitrogens with zero attached hydrogens (tertiary/aromatic N) is 1. The number of halogens is 4. The predicted octanol–water partition coefficient (Wildman–Crippen LogP) is 2.88. The highest BCUT2D eigenvalue weighted by molar-refractivity contribution is 14.1. The molecule has 1 aromatic heterocycles. The molecule has 0 atom stereocenters. The number of hydrogen-bond acceptors (Lipinski definition) is 2. The van der Waals surface area contributed by atoms with Crippen LogP contribution in [0.4, 0.5) is 8.78 Å². The molecule has 0 bridgehead atoms. The first-order valence-electron chi connectivity index (χ1n) is 3.30. The number of aliphatic hydroxyl groups excluding tert-OH is 1. The lowest BCUT2D eigenvalue weighted by Gasteiger charge is -2.06. The average molecular weight is 364 g/mol. The minimum absolute atomic E-state index is 0.0958. The molecule has 2 nitrogen and oxygen atoms in total. The zero-order chi connectivity index (χ0) is 10.0. The molecule has 0 spiro atoms. The van der Waals surface area contributed by atoms with Crippen LogP contribution in [0.5, 0.6) is 0 Å². The van der Waals surface area contributed by atoms with Crippen LogP contribution in [-0.2, 0) is 6.61 Å². The van der Waals surface area contributed by atoms with Crippen LogP contribution in [0.1, 0.15) is 17.7 Å². The first-order valence-corrected chi connectivity index (χ1v) is 5.17. The lowest BCUT2D eigenvalue weighted by molar-refractivity contribution is 0.148. The molecule has 1 aromatic rings. The molecule has 72 valence electrons. The molecule has 0 unspecified atom stereocenters. The minimum atomic E-state index is -2.55. The van der Waals surface area contributed by atoms with Crippen LogP contribution in [0, 0.1) is 3.57 Å². The maximum Gasteiger partial charge on any atom is 0.267 e. The molecule has 13 heavy (non-hydrogen) atoms. The van der Waals surface area contributed by atoms with Crippen molar-refractivity contribution in [1.29, 1.82) is 0 Å². The smallest absolute Gasteiger partial charge is 0.267 e. The van der Waals surface area contributed by atoms with E-state index in [0.29, 0.717) is 9.26 Å². The molecule has 0 aliphatic rings. The Hall–Kier alpha value is 0.180. The number of aromatic nitrogens is 1. The summed E-state index contributed by atoms with van der Waals surface area (Å²) in [6, 6.07) is 1.44. The second kappa shape index (κ2) is 4.61. The molecule has 0 saturated heterocycles. The Kier molecular flexibility index (Phi) is 3.99. The molecule has 1 N–H and O–H groups in total. The van der Waals surface area contributed by atoms with Crippen molar-refractivity contribution < 1.29 is 13.9 Å². The first-order chi connectivity index (χ1) is 6.06. The van der Waals surface area contributed by atoms with Gasteiger partial charge in [-0.15, -0.1) is 0 Å². The molecule has 1 heterocycles. The van der Waals surface area contributed by atoms with E-state index in [1.54, 1.807) is 22.6 Å². The second-order valence-electron chi connectivity index (χ2n) is 2.26. The van der Waals surface area contributed by atoms with Crippen molar-refractivity contribution in [2.24, 2.45) is 0 Å². The Balaban J connectivity index is 3.23. The monoisotopic (exact) mass is 363 g/mol. The summed E-state index contributed by atoms with van der Waals surface area (Å²) >= 11 is 4.72. The largest absolute Gasteiger partial charge is 0.390 e. The highest BCUT2D eigenvalue weighted by Crippen LogP contribution is 2.30. The van der Waals surface area contributed by atoms with Crippen molar-refractivity contribution in [3.8, 4) is 0 Å². The van der Waals surface area contributed by atoms with Crippen molar-refractivity contribution in [2.45, 2.75) is 13.0 Å². The fourth-order valence-electron chi connectivity index (χ4n) is 0.816. The number of alkyl halides is 2. The quantitative estimate of drug-likeness (QED) is 0.647. The third-order valence-electron chi connectivity index (χ3n) is 1.39. The van der Waals surface area contributed by atoms with Crippen LogP contribution in [-0.4, -0.2) is 10.1 Å². The molecule has 1 rings (SSSR count). The van der Waals surface area contributed by atoms with Gasteiger partial charge in [0, 0.05) is 3.57 Å². The minimum Gasteiger partial charge on any atom is -0.390 e. The van der Waals surface area contributed by atoms with Crippen LogP contribution in [0.25, 0.3) is 0 Å². The van der Waals surface area contributed by atoms with Gasteiger partial charge < -0.3 is 5.11 Å². The van der Waals surface area contributed by atoms with E-state index in [1.807, 2.05) is 0 Å². The van der Waals surface area contributed by atoms with Gasteiger partial charge in [-0.2, -0.15) is 0 Å². The maximum absolute atomic E-state index is 12.4. The number of aliphatic hydroxyl groups is 1. The fourth-order valence-corrected chi connectivity index (χ4v) is 2.65. The summed E-state index contributed by atoms with van der Waals surface area (Å²) in [6.07, 6.45) is -2.55. The lowest BCUT2D eigenvalue weighted by atomic mass is 10.2. The normalized spacial score (nSPS) is 10.9. The summed E-state index contributed by atoms with van der Waals surface area (Å²) in [5.41, 5.74) is 0.249. The zero-order valence-corrected chi connectivity index (χ0v) is 10.0. The van der Waals surface area contributed by atoms with Crippen LogP contribution >= 0.6 is 38.5 Å². The first kappa shape index (κ1) is 11.3. The second-order valence-corrected chi connectivity index (χ2v) is 4.17. The summed E-state index contributed by atoms with van der Waals surface area (Å²) in [5, 5.41) is 8.74. The highest BCUT2D eigenvalue weighted by atomic mass is 127. The number of pyridine rings is 1. The van der Waals surface area contributed by atoms with Crippen LogP contribution in [0.3, 0.4) is 0 Å². The molecule has 0 aliphatic heterocycles. The molecule has 0 fully saturated rings. The van der Waals surface area contributed by atoms with E-state index in [9.17, 15) is 8.78 Å². The van der Waals surface area contributed by atoms with E-state index in [-0.39, 0.29) is 16.8 Å². The molecular weight excluding hydrogens is 359 g/mol. The van der Waals surface area contributed by atoms with Gasteiger partial charge in [0.1, 0.15) is 4.60 Å². The van der Waals surface area contributed by atoms with Gasteiger partial charge in [-0.05, 0) is 44.6 Å². The van der Waals surface area contributed by atoms with E-state index < -0.39 is 6.43 Å². The van der Waals surface area contributed by atoms with Crippen molar-refractivity contribution >= 4 is 38.5 Å². The highest BCUT2D eigenvalue weighted by Gasteiger charge is 2.17. The number of rotatable bonds is 2. The predicted molar refractivity (Wildman–Crippen MR) is 55.5 cm³/mol. The van der Waals surface area contributed by atoms with Gasteiger partial charge >= 0.3 is 0 Å². The van der Waals surface area contributed by atoms with Gasteiger partial charge in [0.2, 0.25) is 0 Å². The van der Waals surface area contributed by atoms with E-state index >= 15 is 0 Å². The Morgan fingerprint density at radius 3 is 2.62 bits per heavy atom. The van der Waals surface area contributed by atoms with E-state index in [4.69, 9.17) is 5.11 Å². The standard InChI is InChI=1S/C7H5BrF2INO/c8-6-5(7(9)10)4(11)1-3(2-13)12-6/h1,7,13H,2H2. The van der Waals surface area contributed by atoms with Crippen molar-refractivity contribution in [1.82, 2.24) is 4.98 Å². The molecule has 0 saturated carbocycles. The fraction of sp³-hybridized carbons (Fsp3) is 0.286. The maximum atomic E-state index is 12.4. The average Bonchev–Trinajstić information content (AvgIpc) is 2.02. The van der Waals surface area contributed by atoms with Gasteiger partial charge in [-0.1, -0.05) is 0 Å². The van der Waals surface area contributed by atoms with Gasteiger partial charge in [0.05, 0.1) is 17.9 Å². The summed E-state index contributed by atoms with van der Waals surface area (Å²) < 4.78 is 25.3. The summed E-state index contributed by atoms with van der Waals surface area (Å²) in [6.45, 7) is -0.252. The summed E-state index contributed by atoms with van der Waals surface area (Å²) in [7, 11) is 0. The molecular formula is C7H5BrF2INO. The molecule has 6 heteroatoms. The Bertz CT molecular complexity index is 298. The van der Waals surface area contributed by atoms with Crippen LogP contribution < -0.4 is 0 Å². The van der Waals surface area contributed by atoms with Crippen molar-refractivity contribution in [3.63, 3.8) is 0 Å². The van der Waals surface area contributed by atoms with Gasteiger partial charge in [0.25, 0.3) is 6.43 Å². The van der Waals surface area contributed by atoms with E-state index in [1.165, 1.54) is 6.07 Å². The summed E-state index contributed by atoms with van der Waals surface area (Å²) in [5.74, 6) is 0. The SMILES string of the molecule is OCc1cc(I)c(C(F)F)c(Br)n1. The van der Waals surface area contributed by atoms with E-state index in [2.05, 4.69) is 20.9 Å². The third kappa shape index (κ3) is 2.57. The number of hydrogen-bond donors (Lipinski definition) is 1. The van der Waals surface area contributed by atoms with Gasteiger partial charge in [-0.25, -0.2) is 13.8 Å². The molecule has 0 radical (unpaired) electrons. The molecule has 0 amide bonds. The summed E-state index contributed by atoms with van der Waals surface area (Å²) in [4.78, 5) is 3.76. The third-order valence-corrected chi connectivity index (χ3v) is 2.89. The van der Waals surface area contributed by atoms with Crippen molar-refractivity contribution in [3.05, 3.63) is 25.5 Å². The molecule has 0 aromatic carbocycles. The van der Waals surface area contributed by atoms with Crippen molar-refractivity contribution in [2.75, 3.05) is 0 Å². The van der Waals surface area contributed by atoms with Gasteiger partial charge in [-0.3, -0.25) is 0 Å². The van der Waals surface area contributed by atoms with Gasteiger partial charge in [0.15, 0.2) is 0 Å². The Morgan fingerprint density at radius 1 is 1.62 bits per heavy atom. The van der Waals surface area contributed by atoms with Crippen LogP contribution in [0.15, 0.2) is 10.7 Å². The molecule has 0 aliphatic carbocycles. The Morgan fingerprint density at radius 2 is 2.23 bits per heavy atom. The lowest BCUT2D eigenvalue weighted by Crippen LogP contribution is -1.98. The van der Waals surface area contributed by atoms with Crippen LogP contribution in [0.2, 0.25) is 0 Å².